The summed E-state index contributed by atoms with van der Waals surface area (Å²) in [6.07, 6.45) is 3.46. The van der Waals surface area contributed by atoms with Crippen LogP contribution < -0.4 is 15.1 Å². The van der Waals surface area contributed by atoms with Crippen LogP contribution in [-0.2, 0) is 20.8 Å². The fourth-order valence-electron chi connectivity index (χ4n) is 4.06. The van der Waals surface area contributed by atoms with E-state index in [0.717, 1.165) is 33.9 Å². The van der Waals surface area contributed by atoms with Crippen molar-refractivity contribution in [2.75, 3.05) is 34.5 Å². The topological polar surface area (TPSA) is 69.7 Å². The van der Waals surface area contributed by atoms with Gasteiger partial charge in [0.15, 0.2) is 0 Å². The highest BCUT2D eigenvalue weighted by molar-refractivity contribution is 7.98. The molecule has 2 aliphatic heterocycles. The molecule has 3 amide bonds. The number of carbonyl (C=O) groups excluding carboxylic acids is 3. The fourth-order valence-corrected chi connectivity index (χ4v) is 4.47. The lowest BCUT2D eigenvalue weighted by molar-refractivity contribution is -0.122. The first-order valence-electron chi connectivity index (χ1n) is 10.2. The van der Waals surface area contributed by atoms with Gasteiger partial charge in [0.05, 0.1) is 5.92 Å². The van der Waals surface area contributed by atoms with E-state index in [0.29, 0.717) is 19.5 Å². The third kappa shape index (κ3) is 3.94. The molecule has 0 radical (unpaired) electrons. The monoisotopic (exact) mass is 423 g/mol. The molecule has 4 rings (SSSR count). The molecule has 0 unspecified atom stereocenters. The SMILES string of the molecule is CCC(=O)N1CCc2cc(N3C[C@H](C(=O)Nc4ccc(SC)cc4)CC3=O)ccc21. The third-order valence-corrected chi connectivity index (χ3v) is 6.47. The van der Waals surface area contributed by atoms with Gasteiger partial charge in [0.25, 0.3) is 0 Å². The summed E-state index contributed by atoms with van der Waals surface area (Å²) in [6, 6.07) is 13.5. The zero-order valence-electron chi connectivity index (χ0n) is 17.2. The summed E-state index contributed by atoms with van der Waals surface area (Å²) in [5, 5.41) is 2.92. The van der Waals surface area contributed by atoms with Crippen molar-refractivity contribution in [3.05, 3.63) is 48.0 Å². The number of fused-ring (bicyclic) bond motifs is 1. The Morgan fingerprint density at radius 3 is 2.63 bits per heavy atom. The number of carbonyl (C=O) groups is 3. The van der Waals surface area contributed by atoms with E-state index >= 15 is 0 Å². The number of benzene rings is 2. The van der Waals surface area contributed by atoms with Crippen molar-refractivity contribution in [1.29, 1.82) is 0 Å². The number of amides is 3. The van der Waals surface area contributed by atoms with E-state index in [4.69, 9.17) is 0 Å². The van der Waals surface area contributed by atoms with Crippen molar-refractivity contribution in [2.45, 2.75) is 31.1 Å². The second-order valence-electron chi connectivity index (χ2n) is 7.59. The van der Waals surface area contributed by atoms with E-state index in [1.165, 1.54) is 0 Å². The zero-order valence-corrected chi connectivity index (χ0v) is 18.0. The van der Waals surface area contributed by atoms with E-state index < -0.39 is 0 Å². The molecule has 1 saturated heterocycles. The van der Waals surface area contributed by atoms with Gasteiger partial charge in [-0.25, -0.2) is 0 Å². The molecule has 6 nitrogen and oxygen atoms in total. The summed E-state index contributed by atoms with van der Waals surface area (Å²) in [6.45, 7) is 2.91. The van der Waals surface area contributed by atoms with E-state index in [1.807, 2.05) is 60.5 Å². The molecule has 1 atom stereocenters. The number of nitrogens with zero attached hydrogens (tertiary/aromatic N) is 2. The smallest absolute Gasteiger partial charge is 0.229 e. The average molecular weight is 424 g/mol. The number of anilines is 3. The first kappa shape index (κ1) is 20.5. The second-order valence-corrected chi connectivity index (χ2v) is 8.46. The lowest BCUT2D eigenvalue weighted by atomic mass is 10.1. The highest BCUT2D eigenvalue weighted by atomic mass is 32.2. The van der Waals surface area contributed by atoms with Gasteiger partial charge < -0.3 is 15.1 Å². The summed E-state index contributed by atoms with van der Waals surface area (Å²) in [4.78, 5) is 42.0. The van der Waals surface area contributed by atoms with Crippen molar-refractivity contribution in [3.63, 3.8) is 0 Å². The highest BCUT2D eigenvalue weighted by Crippen LogP contribution is 2.34. The fraction of sp³-hybridized carbons (Fsp3) is 0.348. The van der Waals surface area contributed by atoms with Gasteiger partial charge in [-0.2, -0.15) is 0 Å². The summed E-state index contributed by atoms with van der Waals surface area (Å²) < 4.78 is 0. The van der Waals surface area contributed by atoms with Crippen LogP contribution >= 0.6 is 11.8 Å². The maximum Gasteiger partial charge on any atom is 0.229 e. The van der Waals surface area contributed by atoms with Crippen LogP contribution in [0.25, 0.3) is 0 Å². The Labute approximate surface area is 180 Å². The van der Waals surface area contributed by atoms with Crippen LogP contribution in [0.15, 0.2) is 47.4 Å². The summed E-state index contributed by atoms with van der Waals surface area (Å²) >= 11 is 1.65. The Hall–Kier alpha value is -2.80. The Morgan fingerprint density at radius 1 is 1.17 bits per heavy atom. The van der Waals surface area contributed by atoms with Gasteiger partial charge in [-0.05, 0) is 60.7 Å². The molecule has 2 heterocycles. The van der Waals surface area contributed by atoms with Crippen molar-refractivity contribution in [1.82, 2.24) is 0 Å². The Bertz CT molecular complexity index is 990. The van der Waals surface area contributed by atoms with Crippen molar-refractivity contribution < 1.29 is 14.4 Å². The van der Waals surface area contributed by atoms with E-state index in [2.05, 4.69) is 5.32 Å². The zero-order chi connectivity index (χ0) is 21.3. The van der Waals surface area contributed by atoms with Crippen LogP contribution in [0.4, 0.5) is 17.1 Å². The Kier molecular flexibility index (Phi) is 5.81. The first-order valence-corrected chi connectivity index (χ1v) is 11.4. The van der Waals surface area contributed by atoms with Gasteiger partial charge in [-0.15, -0.1) is 11.8 Å². The predicted molar refractivity (Wildman–Crippen MR) is 120 cm³/mol. The van der Waals surface area contributed by atoms with E-state index in [-0.39, 0.29) is 30.1 Å². The molecule has 1 fully saturated rings. The molecule has 0 aromatic heterocycles. The third-order valence-electron chi connectivity index (χ3n) is 5.73. The van der Waals surface area contributed by atoms with Crippen molar-refractivity contribution >= 4 is 46.5 Å². The summed E-state index contributed by atoms with van der Waals surface area (Å²) in [5.41, 5.74) is 3.54. The van der Waals surface area contributed by atoms with Crippen molar-refractivity contribution in [2.24, 2.45) is 5.92 Å². The maximum absolute atomic E-state index is 12.7. The van der Waals surface area contributed by atoms with E-state index in [1.54, 1.807) is 16.7 Å². The largest absolute Gasteiger partial charge is 0.326 e. The lowest BCUT2D eigenvalue weighted by Crippen LogP contribution is -2.28. The highest BCUT2D eigenvalue weighted by Gasteiger charge is 2.36. The molecular formula is C23H25N3O3S. The number of rotatable bonds is 5. The number of hydrogen-bond acceptors (Lipinski definition) is 4. The van der Waals surface area contributed by atoms with Crippen LogP contribution in [0, 0.1) is 5.92 Å². The van der Waals surface area contributed by atoms with Gasteiger partial charge in [0.2, 0.25) is 17.7 Å². The maximum atomic E-state index is 12.7. The minimum Gasteiger partial charge on any atom is -0.326 e. The Balaban J connectivity index is 1.44. The predicted octanol–water partition coefficient (Wildman–Crippen LogP) is 3.70. The van der Waals surface area contributed by atoms with Crippen LogP contribution in [-0.4, -0.2) is 37.1 Å². The van der Waals surface area contributed by atoms with Crippen LogP contribution in [0.1, 0.15) is 25.3 Å². The first-order chi connectivity index (χ1) is 14.5. The molecule has 0 aliphatic carbocycles. The van der Waals surface area contributed by atoms with Crippen molar-refractivity contribution in [3.8, 4) is 0 Å². The van der Waals surface area contributed by atoms with Gasteiger partial charge in [0, 0.05) is 47.9 Å². The summed E-state index contributed by atoms with van der Waals surface area (Å²) in [5.74, 6) is -0.457. The molecule has 1 N–H and O–H groups in total. The molecule has 7 heteroatoms. The van der Waals surface area contributed by atoms with Gasteiger partial charge >= 0.3 is 0 Å². The van der Waals surface area contributed by atoms with Crippen LogP contribution in [0.5, 0.6) is 0 Å². The molecule has 0 saturated carbocycles. The second kappa shape index (κ2) is 8.52. The molecular weight excluding hydrogens is 398 g/mol. The molecule has 2 aliphatic rings. The summed E-state index contributed by atoms with van der Waals surface area (Å²) in [7, 11) is 0. The number of hydrogen-bond donors (Lipinski definition) is 1. The minimum absolute atomic E-state index is 0.0488. The standard InChI is InChI=1S/C23H25N3O3S/c1-3-21(27)25-11-10-15-12-18(6-9-20(15)25)26-14-16(13-22(26)28)23(29)24-17-4-7-19(30-2)8-5-17/h4-9,12,16H,3,10-11,13-14H2,1-2H3,(H,24,29)/t16-/m1/s1. The molecule has 30 heavy (non-hydrogen) atoms. The molecule has 156 valence electrons. The van der Waals surface area contributed by atoms with Gasteiger partial charge in [0.1, 0.15) is 0 Å². The quantitative estimate of drug-likeness (QED) is 0.745. The van der Waals surface area contributed by atoms with Gasteiger partial charge in [-0.3, -0.25) is 14.4 Å². The lowest BCUT2D eigenvalue weighted by Gasteiger charge is -2.20. The van der Waals surface area contributed by atoms with Crippen LogP contribution in [0.2, 0.25) is 0 Å². The molecule has 2 aromatic rings. The van der Waals surface area contributed by atoms with Gasteiger partial charge in [-0.1, -0.05) is 6.92 Å². The average Bonchev–Trinajstić information content (AvgIpc) is 3.36. The number of thioether (sulfide) groups is 1. The van der Waals surface area contributed by atoms with Crippen LogP contribution in [0.3, 0.4) is 0 Å². The Morgan fingerprint density at radius 2 is 1.93 bits per heavy atom. The molecule has 2 aromatic carbocycles. The normalized spacial score (nSPS) is 17.9. The van der Waals surface area contributed by atoms with E-state index in [9.17, 15) is 14.4 Å². The minimum atomic E-state index is -0.385. The molecule has 0 spiro atoms. The number of nitrogens with one attached hydrogen (secondary N) is 1. The molecule has 0 bridgehead atoms.